The molecular weight excluding hydrogens is 414 g/mol. The van der Waals surface area contributed by atoms with Gasteiger partial charge in [0.05, 0.1) is 12.0 Å². The molecule has 2 aromatic carbocycles. The van der Waals surface area contributed by atoms with Gasteiger partial charge >= 0.3 is 0 Å². The number of rotatable bonds is 8. The number of aryl methyl sites for hydroxylation is 1. The molecule has 1 saturated heterocycles. The highest BCUT2D eigenvalue weighted by Crippen LogP contribution is 2.22. The van der Waals surface area contributed by atoms with Crippen molar-refractivity contribution in [3.8, 4) is 5.75 Å². The number of amides is 1. The van der Waals surface area contributed by atoms with Gasteiger partial charge in [-0.05, 0) is 75.6 Å². The van der Waals surface area contributed by atoms with Gasteiger partial charge < -0.3 is 15.0 Å². The Labute approximate surface area is 184 Å². The number of carbonyl (C=O) groups excluding carboxylic acids is 1. The van der Waals surface area contributed by atoms with Crippen molar-refractivity contribution in [3.63, 3.8) is 0 Å². The molecule has 1 aliphatic rings. The van der Waals surface area contributed by atoms with Crippen molar-refractivity contribution in [3.05, 3.63) is 59.7 Å². The van der Waals surface area contributed by atoms with Gasteiger partial charge in [-0.3, -0.25) is 4.79 Å². The van der Waals surface area contributed by atoms with Crippen LogP contribution in [-0.2, 0) is 21.2 Å². The minimum absolute atomic E-state index is 0.0507. The molecule has 31 heavy (non-hydrogen) atoms. The summed E-state index contributed by atoms with van der Waals surface area (Å²) in [4.78, 5) is 15.4. The van der Waals surface area contributed by atoms with E-state index in [2.05, 4.69) is 22.0 Å². The summed E-state index contributed by atoms with van der Waals surface area (Å²) in [6.45, 7) is 3.60. The fourth-order valence-corrected chi connectivity index (χ4v) is 5.05. The highest BCUT2D eigenvalue weighted by Gasteiger charge is 2.28. The van der Waals surface area contributed by atoms with Gasteiger partial charge in [-0.2, -0.15) is 4.72 Å². The Morgan fingerprint density at radius 2 is 1.84 bits per heavy atom. The first-order chi connectivity index (χ1) is 14.8. The summed E-state index contributed by atoms with van der Waals surface area (Å²) in [6, 6.07) is 13.2. The van der Waals surface area contributed by atoms with Crippen molar-refractivity contribution in [1.82, 2.24) is 14.9 Å². The molecule has 8 heteroatoms. The molecule has 0 unspecified atom stereocenters. The van der Waals surface area contributed by atoms with Crippen LogP contribution in [0.4, 0.5) is 0 Å². The summed E-state index contributed by atoms with van der Waals surface area (Å²) in [5.41, 5.74) is 1.60. The van der Waals surface area contributed by atoms with Gasteiger partial charge in [0.25, 0.3) is 0 Å². The molecule has 1 aliphatic heterocycles. The van der Waals surface area contributed by atoms with Crippen molar-refractivity contribution in [2.24, 2.45) is 0 Å². The lowest BCUT2D eigenvalue weighted by atomic mass is 10.0. The number of nitrogens with one attached hydrogen (secondary N) is 2. The number of methoxy groups -OCH3 is 1. The Balaban J connectivity index is 1.79. The van der Waals surface area contributed by atoms with Crippen LogP contribution in [0.5, 0.6) is 5.75 Å². The molecule has 0 saturated carbocycles. The largest absolute Gasteiger partial charge is 0.496 e. The number of piperidine rings is 1. The maximum atomic E-state index is 13.1. The summed E-state index contributed by atoms with van der Waals surface area (Å²) in [5.74, 6) is 0.312. The third-order valence-corrected chi connectivity index (χ3v) is 7.11. The van der Waals surface area contributed by atoms with Crippen molar-refractivity contribution < 1.29 is 17.9 Å². The molecule has 1 atom stereocenters. The van der Waals surface area contributed by atoms with E-state index in [1.54, 1.807) is 19.1 Å². The van der Waals surface area contributed by atoms with E-state index in [9.17, 15) is 13.2 Å². The maximum absolute atomic E-state index is 13.1. The first-order valence-corrected chi connectivity index (χ1v) is 12.0. The van der Waals surface area contributed by atoms with Crippen LogP contribution in [0.15, 0.2) is 53.4 Å². The molecule has 3 rings (SSSR count). The van der Waals surface area contributed by atoms with Crippen LogP contribution in [0.1, 0.15) is 24.0 Å². The summed E-state index contributed by atoms with van der Waals surface area (Å²) < 4.78 is 34.0. The average molecular weight is 446 g/mol. The van der Waals surface area contributed by atoms with E-state index in [1.807, 2.05) is 30.3 Å². The standard InChI is InChI=1S/C23H31N3O4S/c1-17-15-20(9-10-22(17)30-3)31(28,29)25-21(16-18-7-5-4-6-8-18)23(27)24-19-11-13-26(2)14-12-19/h4-10,15,19,21,25H,11-14,16H2,1-3H3,(H,24,27)/t21-/m0/s1. The monoisotopic (exact) mass is 445 g/mol. The summed E-state index contributed by atoms with van der Waals surface area (Å²) >= 11 is 0. The van der Waals surface area contributed by atoms with E-state index in [0.717, 1.165) is 31.5 Å². The molecule has 0 radical (unpaired) electrons. The highest BCUT2D eigenvalue weighted by molar-refractivity contribution is 7.89. The Hall–Kier alpha value is -2.42. The maximum Gasteiger partial charge on any atom is 0.241 e. The van der Waals surface area contributed by atoms with E-state index in [1.165, 1.54) is 13.2 Å². The molecule has 0 aromatic heterocycles. The Bertz CT molecular complexity index is 987. The Morgan fingerprint density at radius 1 is 1.16 bits per heavy atom. The zero-order valence-electron chi connectivity index (χ0n) is 18.3. The van der Waals surface area contributed by atoms with Gasteiger partial charge in [-0.1, -0.05) is 30.3 Å². The predicted octanol–water partition coefficient (Wildman–Crippen LogP) is 2.10. The van der Waals surface area contributed by atoms with Crippen LogP contribution < -0.4 is 14.8 Å². The van der Waals surface area contributed by atoms with Crippen LogP contribution in [0.25, 0.3) is 0 Å². The van der Waals surface area contributed by atoms with Crippen molar-refractivity contribution in [1.29, 1.82) is 0 Å². The zero-order chi connectivity index (χ0) is 22.4. The lowest BCUT2D eigenvalue weighted by Gasteiger charge is -2.30. The first kappa shape index (κ1) is 23.2. The molecule has 1 heterocycles. The second-order valence-electron chi connectivity index (χ2n) is 8.08. The number of nitrogens with zero attached hydrogens (tertiary/aromatic N) is 1. The Kier molecular flexibility index (Phi) is 7.69. The highest BCUT2D eigenvalue weighted by atomic mass is 32.2. The second-order valence-corrected chi connectivity index (χ2v) is 9.80. The molecule has 1 fully saturated rings. The molecule has 2 N–H and O–H groups in total. The summed E-state index contributed by atoms with van der Waals surface area (Å²) in [7, 11) is -0.300. The van der Waals surface area contributed by atoms with Gasteiger partial charge in [0.1, 0.15) is 11.8 Å². The van der Waals surface area contributed by atoms with Crippen LogP contribution in [0.3, 0.4) is 0 Å². The lowest BCUT2D eigenvalue weighted by Crippen LogP contribution is -2.52. The molecule has 0 bridgehead atoms. The van der Waals surface area contributed by atoms with Gasteiger partial charge in [-0.25, -0.2) is 8.42 Å². The number of benzene rings is 2. The normalized spacial score (nSPS) is 16.6. The lowest BCUT2D eigenvalue weighted by molar-refractivity contribution is -0.123. The second kappa shape index (κ2) is 10.3. The predicted molar refractivity (Wildman–Crippen MR) is 121 cm³/mol. The molecule has 0 spiro atoms. The average Bonchev–Trinajstić information content (AvgIpc) is 2.75. The van der Waals surface area contributed by atoms with E-state index in [-0.39, 0.29) is 23.3 Å². The summed E-state index contributed by atoms with van der Waals surface area (Å²) in [5, 5.41) is 3.05. The minimum Gasteiger partial charge on any atom is -0.496 e. The van der Waals surface area contributed by atoms with Crippen molar-refractivity contribution >= 4 is 15.9 Å². The molecular formula is C23H31N3O4S. The van der Waals surface area contributed by atoms with Crippen LogP contribution in [0, 0.1) is 6.92 Å². The van der Waals surface area contributed by atoms with E-state index < -0.39 is 16.1 Å². The van der Waals surface area contributed by atoms with Gasteiger partial charge in [0.2, 0.25) is 15.9 Å². The fourth-order valence-electron chi connectivity index (χ4n) is 3.77. The fraction of sp³-hybridized carbons (Fsp3) is 0.435. The SMILES string of the molecule is COc1ccc(S(=O)(=O)N[C@@H](Cc2ccccc2)C(=O)NC2CCN(C)CC2)cc1C. The third kappa shape index (κ3) is 6.29. The minimum atomic E-state index is -3.90. The molecule has 0 aliphatic carbocycles. The zero-order valence-corrected chi connectivity index (χ0v) is 19.1. The number of ether oxygens (including phenoxy) is 1. The van der Waals surface area contributed by atoms with Gasteiger partial charge in [0.15, 0.2) is 0 Å². The van der Waals surface area contributed by atoms with Crippen molar-refractivity contribution in [2.75, 3.05) is 27.2 Å². The molecule has 168 valence electrons. The van der Waals surface area contributed by atoms with Crippen LogP contribution >= 0.6 is 0 Å². The van der Waals surface area contributed by atoms with E-state index in [4.69, 9.17) is 4.74 Å². The third-order valence-electron chi connectivity index (χ3n) is 5.64. The number of carbonyl (C=O) groups is 1. The quantitative estimate of drug-likeness (QED) is 0.650. The molecule has 7 nitrogen and oxygen atoms in total. The Morgan fingerprint density at radius 3 is 2.45 bits per heavy atom. The number of sulfonamides is 1. The molecule has 2 aromatic rings. The van der Waals surface area contributed by atoms with Gasteiger partial charge in [0, 0.05) is 6.04 Å². The van der Waals surface area contributed by atoms with Crippen LogP contribution in [-0.4, -0.2) is 58.6 Å². The summed E-state index contributed by atoms with van der Waals surface area (Å²) in [6.07, 6.45) is 1.98. The topological polar surface area (TPSA) is 87.7 Å². The first-order valence-electron chi connectivity index (χ1n) is 10.5. The molecule has 1 amide bonds. The smallest absolute Gasteiger partial charge is 0.241 e. The van der Waals surface area contributed by atoms with Crippen molar-refractivity contribution in [2.45, 2.75) is 43.2 Å². The van der Waals surface area contributed by atoms with E-state index >= 15 is 0 Å². The van der Waals surface area contributed by atoms with Gasteiger partial charge in [-0.15, -0.1) is 0 Å². The van der Waals surface area contributed by atoms with E-state index in [0.29, 0.717) is 11.3 Å². The number of likely N-dealkylation sites (tertiary alicyclic amines) is 1. The number of hydrogen-bond acceptors (Lipinski definition) is 5. The van der Waals surface area contributed by atoms with Crippen LogP contribution in [0.2, 0.25) is 0 Å². The number of hydrogen-bond donors (Lipinski definition) is 2.